The van der Waals surface area contributed by atoms with Crippen molar-refractivity contribution in [1.29, 1.82) is 0 Å². The van der Waals surface area contributed by atoms with Crippen LogP contribution in [0.15, 0.2) is 27.1 Å². The number of urea groups is 1. The van der Waals surface area contributed by atoms with E-state index < -0.39 is 5.97 Å². The molecule has 1 aromatic rings. The summed E-state index contributed by atoms with van der Waals surface area (Å²) in [5, 5.41) is 14.5. The zero-order chi connectivity index (χ0) is 15.5. The van der Waals surface area contributed by atoms with Gasteiger partial charge < -0.3 is 15.7 Å². The standard InChI is InChI=1S/C14H16Br2N2O3/c15-9-2-3-11(10(16)6-9)18-13(21)17-8-14(4-1-5-14)7-12(19)20/h2-3,6H,1,4-5,7-8H2,(H,19,20)(H2,17,18,21). The van der Waals surface area contributed by atoms with E-state index in [9.17, 15) is 9.59 Å². The summed E-state index contributed by atoms with van der Waals surface area (Å²) in [6.07, 6.45) is 2.83. The van der Waals surface area contributed by atoms with Crippen LogP contribution in [-0.4, -0.2) is 23.7 Å². The SMILES string of the molecule is O=C(O)CC1(CNC(=O)Nc2ccc(Br)cc2Br)CCC1. The quantitative estimate of drug-likeness (QED) is 0.675. The van der Waals surface area contributed by atoms with E-state index in [-0.39, 0.29) is 17.9 Å². The molecule has 1 aromatic carbocycles. The molecular weight excluding hydrogens is 404 g/mol. The van der Waals surface area contributed by atoms with Gasteiger partial charge >= 0.3 is 12.0 Å². The molecule has 5 nitrogen and oxygen atoms in total. The second-order valence-electron chi connectivity index (χ2n) is 5.36. The van der Waals surface area contributed by atoms with E-state index >= 15 is 0 Å². The van der Waals surface area contributed by atoms with E-state index in [1.807, 2.05) is 12.1 Å². The highest BCUT2D eigenvalue weighted by Gasteiger charge is 2.39. The van der Waals surface area contributed by atoms with Gasteiger partial charge in [-0.05, 0) is 52.4 Å². The van der Waals surface area contributed by atoms with Gasteiger partial charge in [0.2, 0.25) is 0 Å². The predicted molar refractivity (Wildman–Crippen MR) is 87.4 cm³/mol. The van der Waals surface area contributed by atoms with Gasteiger partial charge in [0.05, 0.1) is 12.1 Å². The molecule has 3 N–H and O–H groups in total. The van der Waals surface area contributed by atoms with Crippen LogP contribution in [0.25, 0.3) is 0 Å². The third-order valence-corrected chi connectivity index (χ3v) is 4.89. The number of halogens is 2. The molecule has 0 aromatic heterocycles. The molecule has 2 rings (SSSR count). The van der Waals surface area contributed by atoms with E-state index in [2.05, 4.69) is 42.5 Å². The first kappa shape index (κ1) is 16.3. The normalized spacial score (nSPS) is 15.9. The summed E-state index contributed by atoms with van der Waals surface area (Å²) in [6.45, 7) is 0.388. The number of carboxylic acids is 1. The van der Waals surface area contributed by atoms with E-state index in [0.29, 0.717) is 12.2 Å². The van der Waals surface area contributed by atoms with E-state index in [4.69, 9.17) is 5.11 Å². The Bertz CT molecular complexity index is 559. The Morgan fingerprint density at radius 1 is 1.29 bits per heavy atom. The smallest absolute Gasteiger partial charge is 0.319 e. The molecule has 1 aliphatic rings. The third-order valence-electron chi connectivity index (χ3n) is 3.74. The summed E-state index contributed by atoms with van der Waals surface area (Å²) in [4.78, 5) is 22.8. The largest absolute Gasteiger partial charge is 0.481 e. The Labute approximate surface area is 139 Å². The van der Waals surface area contributed by atoms with Crippen LogP contribution in [0.2, 0.25) is 0 Å². The fourth-order valence-corrected chi connectivity index (χ4v) is 3.58. The maximum Gasteiger partial charge on any atom is 0.319 e. The molecule has 0 bridgehead atoms. The Hall–Kier alpha value is -1.08. The molecule has 7 heteroatoms. The highest BCUT2D eigenvalue weighted by Crippen LogP contribution is 2.43. The lowest BCUT2D eigenvalue weighted by Gasteiger charge is -2.40. The highest BCUT2D eigenvalue weighted by atomic mass is 79.9. The molecule has 1 saturated carbocycles. The first-order chi connectivity index (χ1) is 9.90. The molecule has 1 fully saturated rings. The van der Waals surface area contributed by atoms with Gasteiger partial charge in [-0.1, -0.05) is 22.4 Å². The number of hydrogen-bond donors (Lipinski definition) is 3. The summed E-state index contributed by atoms with van der Waals surface area (Å²) in [6, 6.07) is 5.13. The first-order valence-electron chi connectivity index (χ1n) is 6.62. The van der Waals surface area contributed by atoms with Crippen LogP contribution in [0.4, 0.5) is 10.5 Å². The average molecular weight is 420 g/mol. The summed E-state index contributed by atoms with van der Waals surface area (Å²) < 4.78 is 1.69. The van der Waals surface area contributed by atoms with Gasteiger partial charge in [-0.15, -0.1) is 0 Å². The minimum atomic E-state index is -0.812. The van der Waals surface area contributed by atoms with Crippen LogP contribution in [0.1, 0.15) is 25.7 Å². The van der Waals surface area contributed by atoms with Crippen molar-refractivity contribution in [3.63, 3.8) is 0 Å². The molecule has 2 amide bonds. The van der Waals surface area contributed by atoms with Gasteiger partial charge in [-0.2, -0.15) is 0 Å². The number of nitrogens with one attached hydrogen (secondary N) is 2. The summed E-state index contributed by atoms with van der Waals surface area (Å²) in [7, 11) is 0. The number of rotatable bonds is 5. The lowest BCUT2D eigenvalue weighted by Crippen LogP contribution is -2.44. The number of carbonyl (C=O) groups excluding carboxylic acids is 1. The number of aliphatic carboxylic acids is 1. The number of carboxylic acid groups (broad SMARTS) is 1. The van der Waals surface area contributed by atoms with Gasteiger partial charge in [0, 0.05) is 15.5 Å². The fraction of sp³-hybridized carbons (Fsp3) is 0.429. The molecule has 0 unspecified atom stereocenters. The average Bonchev–Trinajstić information content (AvgIpc) is 2.35. The van der Waals surface area contributed by atoms with Crippen LogP contribution in [0, 0.1) is 5.41 Å². The Balaban J connectivity index is 1.88. The summed E-state index contributed by atoms with van der Waals surface area (Å²) in [5.41, 5.74) is 0.386. The molecule has 1 aliphatic carbocycles. The Morgan fingerprint density at radius 3 is 2.52 bits per heavy atom. The monoisotopic (exact) mass is 418 g/mol. The van der Waals surface area contributed by atoms with Crippen molar-refractivity contribution in [2.45, 2.75) is 25.7 Å². The predicted octanol–water partition coefficient (Wildman–Crippen LogP) is 3.98. The Kier molecular flexibility index (Phi) is 5.27. The molecular formula is C14H16Br2N2O3. The first-order valence-corrected chi connectivity index (χ1v) is 8.21. The van der Waals surface area contributed by atoms with Crippen LogP contribution in [0.3, 0.4) is 0 Å². The van der Waals surface area contributed by atoms with Crippen LogP contribution in [0.5, 0.6) is 0 Å². The molecule has 0 aliphatic heterocycles. The minimum Gasteiger partial charge on any atom is -0.481 e. The van der Waals surface area contributed by atoms with Crippen molar-refractivity contribution < 1.29 is 14.7 Å². The topological polar surface area (TPSA) is 78.4 Å². The van der Waals surface area contributed by atoms with E-state index in [1.165, 1.54) is 0 Å². The minimum absolute atomic E-state index is 0.106. The van der Waals surface area contributed by atoms with Crippen molar-refractivity contribution >= 4 is 49.5 Å². The van der Waals surface area contributed by atoms with Crippen molar-refractivity contribution in [1.82, 2.24) is 5.32 Å². The third kappa shape index (κ3) is 4.44. The second-order valence-corrected chi connectivity index (χ2v) is 7.13. The van der Waals surface area contributed by atoms with Crippen molar-refractivity contribution in [2.75, 3.05) is 11.9 Å². The van der Waals surface area contributed by atoms with Crippen LogP contribution in [-0.2, 0) is 4.79 Å². The van der Waals surface area contributed by atoms with Crippen molar-refractivity contribution in [3.05, 3.63) is 27.1 Å². The molecule has 0 atom stereocenters. The lowest BCUT2D eigenvalue weighted by molar-refractivity contribution is -0.141. The number of hydrogen-bond acceptors (Lipinski definition) is 2. The second kappa shape index (κ2) is 6.79. The number of amides is 2. The fourth-order valence-electron chi connectivity index (χ4n) is 2.44. The summed E-state index contributed by atoms with van der Waals surface area (Å²) >= 11 is 6.72. The summed E-state index contributed by atoms with van der Waals surface area (Å²) in [5.74, 6) is -0.812. The highest BCUT2D eigenvalue weighted by molar-refractivity contribution is 9.11. The Morgan fingerprint density at radius 2 is 2.00 bits per heavy atom. The molecule has 0 spiro atoms. The van der Waals surface area contributed by atoms with Crippen molar-refractivity contribution in [2.24, 2.45) is 5.41 Å². The number of carbonyl (C=O) groups is 2. The van der Waals surface area contributed by atoms with E-state index in [0.717, 1.165) is 28.2 Å². The zero-order valence-electron chi connectivity index (χ0n) is 11.3. The molecule has 114 valence electrons. The maximum atomic E-state index is 11.9. The van der Waals surface area contributed by atoms with Gasteiger partial charge in [0.25, 0.3) is 0 Å². The van der Waals surface area contributed by atoms with Gasteiger partial charge in [-0.25, -0.2) is 4.79 Å². The van der Waals surface area contributed by atoms with Crippen LogP contribution < -0.4 is 10.6 Å². The molecule has 0 heterocycles. The van der Waals surface area contributed by atoms with Crippen molar-refractivity contribution in [3.8, 4) is 0 Å². The molecule has 0 saturated heterocycles. The van der Waals surface area contributed by atoms with E-state index in [1.54, 1.807) is 6.07 Å². The number of anilines is 1. The van der Waals surface area contributed by atoms with Gasteiger partial charge in [0.1, 0.15) is 0 Å². The van der Waals surface area contributed by atoms with Gasteiger partial charge in [0.15, 0.2) is 0 Å². The lowest BCUT2D eigenvalue weighted by atomic mass is 9.66. The van der Waals surface area contributed by atoms with Crippen LogP contribution >= 0.6 is 31.9 Å². The molecule has 21 heavy (non-hydrogen) atoms. The number of benzene rings is 1. The molecule has 0 radical (unpaired) electrons. The van der Waals surface area contributed by atoms with Gasteiger partial charge in [-0.3, -0.25) is 4.79 Å². The zero-order valence-corrected chi connectivity index (χ0v) is 14.5. The maximum absolute atomic E-state index is 11.9.